The van der Waals surface area contributed by atoms with E-state index in [1.54, 1.807) is 0 Å². The van der Waals surface area contributed by atoms with E-state index in [-0.39, 0.29) is 6.10 Å². The average Bonchev–Trinajstić information content (AvgIpc) is 2.92. The first-order chi connectivity index (χ1) is 17.0. The Morgan fingerprint density at radius 2 is 1.11 bits per heavy atom. The molecular weight excluding hydrogens is 428 g/mol. The lowest BCUT2D eigenvalue weighted by atomic mass is 9.83. The van der Waals surface area contributed by atoms with Crippen molar-refractivity contribution in [1.29, 1.82) is 0 Å². The zero-order valence-electron chi connectivity index (χ0n) is 21.2. The number of hydrogen-bond donors (Lipinski definition) is 0. The standard InChI is InChI=1S/C33H36O2/c1-5-25(2)26-21-23-30(24-22-26)34-32(33(3,4)29-19-13-8-14-20-29)35-31(27-15-9-6-10-16-27)28-17-11-7-12-18-28/h6-25,31-32H,5H2,1-4H3. The van der Waals surface area contributed by atoms with Crippen LogP contribution in [0.2, 0.25) is 0 Å². The maximum absolute atomic E-state index is 6.92. The Bertz CT molecular complexity index is 1110. The van der Waals surface area contributed by atoms with Gasteiger partial charge in [-0.2, -0.15) is 0 Å². The van der Waals surface area contributed by atoms with Crippen molar-refractivity contribution in [2.24, 2.45) is 0 Å². The topological polar surface area (TPSA) is 18.5 Å². The SMILES string of the molecule is CCC(C)c1ccc(OC(OC(c2ccccc2)c2ccccc2)C(C)(C)c2ccccc2)cc1. The van der Waals surface area contributed by atoms with Crippen molar-refractivity contribution in [2.75, 3.05) is 0 Å². The highest BCUT2D eigenvalue weighted by molar-refractivity contribution is 5.33. The van der Waals surface area contributed by atoms with E-state index in [0.29, 0.717) is 5.92 Å². The largest absolute Gasteiger partial charge is 0.464 e. The molecule has 4 aromatic rings. The van der Waals surface area contributed by atoms with Crippen molar-refractivity contribution in [3.8, 4) is 5.75 Å². The molecule has 0 aromatic heterocycles. The molecule has 0 heterocycles. The smallest absolute Gasteiger partial charge is 0.210 e. The van der Waals surface area contributed by atoms with Gasteiger partial charge in [-0.25, -0.2) is 0 Å². The van der Waals surface area contributed by atoms with Crippen LogP contribution in [0.3, 0.4) is 0 Å². The maximum Gasteiger partial charge on any atom is 0.210 e. The van der Waals surface area contributed by atoms with Gasteiger partial charge < -0.3 is 9.47 Å². The fraction of sp³-hybridized carbons (Fsp3) is 0.273. The molecule has 0 aliphatic rings. The molecule has 0 aliphatic heterocycles. The minimum Gasteiger partial charge on any atom is -0.464 e. The van der Waals surface area contributed by atoms with Crippen LogP contribution in [-0.4, -0.2) is 6.29 Å². The van der Waals surface area contributed by atoms with Gasteiger partial charge in [-0.05, 0) is 60.6 Å². The summed E-state index contributed by atoms with van der Waals surface area (Å²) in [6.45, 7) is 8.85. The fourth-order valence-electron chi connectivity index (χ4n) is 4.31. The monoisotopic (exact) mass is 464 g/mol. The second-order valence-electron chi connectivity index (χ2n) is 9.75. The lowest BCUT2D eigenvalue weighted by Gasteiger charge is -2.37. The van der Waals surface area contributed by atoms with Crippen LogP contribution in [0.1, 0.15) is 68.4 Å². The highest BCUT2D eigenvalue weighted by Gasteiger charge is 2.37. The first-order valence-corrected chi connectivity index (χ1v) is 12.6. The molecule has 0 bridgehead atoms. The van der Waals surface area contributed by atoms with Crippen LogP contribution in [0.4, 0.5) is 0 Å². The molecule has 2 heteroatoms. The van der Waals surface area contributed by atoms with Crippen LogP contribution >= 0.6 is 0 Å². The zero-order valence-corrected chi connectivity index (χ0v) is 21.2. The zero-order chi connectivity index (χ0) is 24.7. The lowest BCUT2D eigenvalue weighted by Crippen LogP contribution is -2.41. The predicted octanol–water partition coefficient (Wildman–Crippen LogP) is 8.69. The van der Waals surface area contributed by atoms with Gasteiger partial charge in [0.1, 0.15) is 11.9 Å². The molecule has 35 heavy (non-hydrogen) atoms. The van der Waals surface area contributed by atoms with Crippen LogP contribution in [0.15, 0.2) is 115 Å². The second kappa shape index (κ2) is 11.4. The summed E-state index contributed by atoms with van der Waals surface area (Å²) in [5, 5.41) is 0. The quantitative estimate of drug-likeness (QED) is 0.219. The van der Waals surface area contributed by atoms with Crippen LogP contribution < -0.4 is 4.74 Å². The fourth-order valence-corrected chi connectivity index (χ4v) is 4.31. The number of benzene rings is 4. The average molecular weight is 465 g/mol. The molecule has 4 aromatic carbocycles. The normalized spacial score (nSPS) is 13.4. The summed E-state index contributed by atoms with van der Waals surface area (Å²) in [5.41, 5.74) is 4.29. The van der Waals surface area contributed by atoms with E-state index in [9.17, 15) is 0 Å². The number of rotatable bonds is 10. The Labute approximate surface area is 210 Å². The van der Waals surface area contributed by atoms with Crippen molar-refractivity contribution in [2.45, 2.75) is 57.8 Å². The molecule has 2 nitrogen and oxygen atoms in total. The minimum atomic E-state index is -0.523. The third-order valence-electron chi connectivity index (χ3n) is 6.88. The highest BCUT2D eigenvalue weighted by atomic mass is 16.7. The summed E-state index contributed by atoms with van der Waals surface area (Å²) < 4.78 is 13.6. The van der Waals surface area contributed by atoms with Gasteiger partial charge in [-0.15, -0.1) is 0 Å². The van der Waals surface area contributed by atoms with Crippen LogP contribution in [0.25, 0.3) is 0 Å². The second-order valence-corrected chi connectivity index (χ2v) is 9.75. The van der Waals surface area contributed by atoms with Gasteiger partial charge in [0.15, 0.2) is 0 Å². The third kappa shape index (κ3) is 6.01. The minimum absolute atomic E-state index is 0.259. The molecule has 0 spiro atoms. The van der Waals surface area contributed by atoms with Gasteiger partial charge in [-0.1, -0.05) is 117 Å². The van der Waals surface area contributed by atoms with Gasteiger partial charge >= 0.3 is 0 Å². The van der Waals surface area contributed by atoms with Crippen LogP contribution in [0.5, 0.6) is 5.75 Å². The highest BCUT2D eigenvalue weighted by Crippen LogP contribution is 2.37. The van der Waals surface area contributed by atoms with E-state index in [1.165, 1.54) is 11.1 Å². The Hall–Kier alpha value is -3.36. The van der Waals surface area contributed by atoms with E-state index in [4.69, 9.17) is 9.47 Å². The molecule has 0 aliphatic carbocycles. The molecular formula is C33H36O2. The van der Waals surface area contributed by atoms with Gasteiger partial charge in [0, 0.05) is 0 Å². The van der Waals surface area contributed by atoms with Gasteiger partial charge in [0.25, 0.3) is 0 Å². The summed E-state index contributed by atoms with van der Waals surface area (Å²) in [6.07, 6.45) is 0.331. The Balaban J connectivity index is 1.71. The van der Waals surface area contributed by atoms with E-state index < -0.39 is 11.7 Å². The molecule has 180 valence electrons. The first kappa shape index (κ1) is 24.8. The van der Waals surface area contributed by atoms with Crippen molar-refractivity contribution in [3.05, 3.63) is 138 Å². The Kier molecular flexibility index (Phi) is 8.05. The van der Waals surface area contributed by atoms with E-state index >= 15 is 0 Å². The molecule has 0 N–H and O–H groups in total. The molecule has 0 saturated heterocycles. The van der Waals surface area contributed by atoms with E-state index in [2.05, 4.69) is 125 Å². The van der Waals surface area contributed by atoms with E-state index in [0.717, 1.165) is 23.3 Å². The molecule has 0 radical (unpaired) electrons. The van der Waals surface area contributed by atoms with Crippen molar-refractivity contribution >= 4 is 0 Å². The summed E-state index contributed by atoms with van der Waals surface area (Å²) in [6, 6.07) is 39.7. The van der Waals surface area contributed by atoms with Gasteiger partial charge in [0.2, 0.25) is 6.29 Å². The molecule has 2 unspecified atom stereocenters. The molecule has 0 fully saturated rings. The Morgan fingerprint density at radius 3 is 1.60 bits per heavy atom. The first-order valence-electron chi connectivity index (χ1n) is 12.6. The van der Waals surface area contributed by atoms with Gasteiger partial charge in [-0.3, -0.25) is 0 Å². The lowest BCUT2D eigenvalue weighted by molar-refractivity contribution is -0.145. The van der Waals surface area contributed by atoms with Crippen molar-refractivity contribution in [1.82, 2.24) is 0 Å². The molecule has 2 atom stereocenters. The molecule has 0 saturated carbocycles. The van der Waals surface area contributed by atoms with Crippen molar-refractivity contribution in [3.63, 3.8) is 0 Å². The maximum atomic E-state index is 6.92. The van der Waals surface area contributed by atoms with E-state index in [1.807, 2.05) is 18.2 Å². The predicted molar refractivity (Wildman–Crippen MR) is 145 cm³/mol. The van der Waals surface area contributed by atoms with Crippen LogP contribution in [-0.2, 0) is 10.2 Å². The summed E-state index contributed by atoms with van der Waals surface area (Å²) in [4.78, 5) is 0. The number of hydrogen-bond acceptors (Lipinski definition) is 2. The van der Waals surface area contributed by atoms with Crippen LogP contribution in [0, 0.1) is 0 Å². The van der Waals surface area contributed by atoms with Crippen molar-refractivity contribution < 1.29 is 9.47 Å². The Morgan fingerprint density at radius 1 is 0.629 bits per heavy atom. The number of ether oxygens (including phenoxy) is 2. The summed E-state index contributed by atoms with van der Waals surface area (Å²) in [5.74, 6) is 1.34. The molecule has 4 rings (SSSR count). The summed E-state index contributed by atoms with van der Waals surface area (Å²) in [7, 11) is 0. The molecule has 0 amide bonds. The third-order valence-corrected chi connectivity index (χ3v) is 6.88. The summed E-state index contributed by atoms with van der Waals surface area (Å²) >= 11 is 0. The van der Waals surface area contributed by atoms with Gasteiger partial charge in [0.05, 0.1) is 5.41 Å².